The molecule has 0 aromatic rings. The van der Waals surface area contributed by atoms with E-state index in [-0.39, 0.29) is 5.41 Å². The van der Waals surface area contributed by atoms with Gasteiger partial charge in [-0.05, 0) is 87.4 Å². The molecule has 3 aliphatic carbocycles. The molecule has 3 rings (SSSR count). The number of nitriles is 1. The Balaban J connectivity index is 1.38. The maximum absolute atomic E-state index is 9.85. The van der Waals surface area contributed by atoms with Crippen LogP contribution in [0.4, 0.5) is 0 Å². The average Bonchev–Trinajstić information content (AvgIpc) is 2.78. The first-order valence-corrected chi connectivity index (χ1v) is 13.6. The minimum absolute atomic E-state index is 0.0318. The van der Waals surface area contributed by atoms with Crippen LogP contribution in [0.5, 0.6) is 0 Å². The van der Waals surface area contributed by atoms with Crippen LogP contribution in [0.15, 0.2) is 0 Å². The molecule has 0 saturated heterocycles. The quantitative estimate of drug-likeness (QED) is 0.355. The Bertz CT molecular complexity index is 485. The van der Waals surface area contributed by atoms with E-state index in [9.17, 15) is 5.26 Å². The van der Waals surface area contributed by atoms with E-state index in [0.29, 0.717) is 0 Å². The Labute approximate surface area is 182 Å². The van der Waals surface area contributed by atoms with Crippen LogP contribution in [0.2, 0.25) is 0 Å². The van der Waals surface area contributed by atoms with Gasteiger partial charge in [-0.3, -0.25) is 0 Å². The second-order valence-corrected chi connectivity index (χ2v) is 11.3. The van der Waals surface area contributed by atoms with Crippen molar-refractivity contribution in [3.05, 3.63) is 0 Å². The summed E-state index contributed by atoms with van der Waals surface area (Å²) >= 11 is 0. The van der Waals surface area contributed by atoms with Gasteiger partial charge in [-0.2, -0.15) is 5.26 Å². The predicted molar refractivity (Wildman–Crippen MR) is 125 cm³/mol. The van der Waals surface area contributed by atoms with E-state index in [1.165, 1.54) is 116 Å². The van der Waals surface area contributed by atoms with Gasteiger partial charge >= 0.3 is 0 Å². The summed E-state index contributed by atoms with van der Waals surface area (Å²) in [6.07, 6.45) is 26.8. The molecule has 0 aromatic carbocycles. The lowest BCUT2D eigenvalue weighted by Crippen LogP contribution is -2.34. The van der Waals surface area contributed by atoms with Crippen molar-refractivity contribution in [2.24, 2.45) is 35.0 Å². The highest BCUT2D eigenvalue weighted by atomic mass is 14.5. The Kier molecular flexibility index (Phi) is 9.40. The average molecular weight is 400 g/mol. The summed E-state index contributed by atoms with van der Waals surface area (Å²) in [7, 11) is 0. The summed E-state index contributed by atoms with van der Waals surface area (Å²) in [6, 6.07) is 2.77. The van der Waals surface area contributed by atoms with Gasteiger partial charge in [0, 0.05) is 0 Å². The van der Waals surface area contributed by atoms with Crippen molar-refractivity contribution in [3.8, 4) is 6.07 Å². The Hall–Kier alpha value is -0.510. The summed E-state index contributed by atoms with van der Waals surface area (Å²) in [6.45, 7) is 4.58. The van der Waals surface area contributed by atoms with Crippen molar-refractivity contribution in [2.75, 3.05) is 0 Å². The third-order valence-corrected chi connectivity index (χ3v) is 9.36. The van der Waals surface area contributed by atoms with E-state index >= 15 is 0 Å². The van der Waals surface area contributed by atoms with E-state index < -0.39 is 0 Å². The molecule has 3 saturated carbocycles. The molecule has 0 aromatic heterocycles. The fourth-order valence-electron chi connectivity index (χ4n) is 7.57. The molecule has 0 spiro atoms. The SMILES string of the molecule is CCCCCC[C@H]1CC[C@H]([C@H]2CC[C@H](C3CCCC(C#N)(CCC)C3)CC2)CC1. The van der Waals surface area contributed by atoms with Gasteiger partial charge in [0.1, 0.15) is 0 Å². The topological polar surface area (TPSA) is 23.8 Å². The number of hydrogen-bond donors (Lipinski definition) is 0. The molecule has 0 bridgehead atoms. The first-order valence-electron chi connectivity index (χ1n) is 13.6. The second kappa shape index (κ2) is 11.8. The van der Waals surface area contributed by atoms with E-state index in [1.54, 1.807) is 0 Å². The minimum atomic E-state index is 0.0318. The molecular formula is C28H49N. The minimum Gasteiger partial charge on any atom is -0.198 e. The zero-order valence-corrected chi connectivity index (χ0v) is 19.8. The number of unbranched alkanes of at least 4 members (excludes halogenated alkanes) is 3. The maximum Gasteiger partial charge on any atom is 0.0689 e. The van der Waals surface area contributed by atoms with Gasteiger partial charge in [0.25, 0.3) is 0 Å². The highest BCUT2D eigenvalue weighted by Gasteiger charge is 2.40. The summed E-state index contributed by atoms with van der Waals surface area (Å²) in [5.74, 6) is 4.93. The predicted octanol–water partition coefficient (Wildman–Crippen LogP) is 9.07. The first kappa shape index (κ1) is 23.2. The van der Waals surface area contributed by atoms with Gasteiger partial charge in [0.2, 0.25) is 0 Å². The molecule has 1 nitrogen and oxygen atoms in total. The third-order valence-electron chi connectivity index (χ3n) is 9.36. The van der Waals surface area contributed by atoms with Crippen LogP contribution >= 0.6 is 0 Å². The van der Waals surface area contributed by atoms with Gasteiger partial charge in [0.15, 0.2) is 0 Å². The molecule has 166 valence electrons. The van der Waals surface area contributed by atoms with Crippen LogP contribution in [0, 0.1) is 46.3 Å². The Morgan fingerprint density at radius 2 is 1.34 bits per heavy atom. The van der Waals surface area contributed by atoms with E-state index in [0.717, 1.165) is 36.0 Å². The maximum atomic E-state index is 9.85. The lowest BCUT2D eigenvalue weighted by molar-refractivity contribution is 0.0820. The largest absolute Gasteiger partial charge is 0.198 e. The van der Waals surface area contributed by atoms with Crippen molar-refractivity contribution >= 4 is 0 Å². The molecule has 3 aliphatic rings. The van der Waals surface area contributed by atoms with Crippen molar-refractivity contribution in [2.45, 2.75) is 136 Å². The van der Waals surface area contributed by atoms with Crippen LogP contribution < -0.4 is 0 Å². The molecule has 3 fully saturated rings. The van der Waals surface area contributed by atoms with Crippen LogP contribution in [-0.2, 0) is 0 Å². The van der Waals surface area contributed by atoms with E-state index in [1.807, 2.05) is 0 Å². The monoisotopic (exact) mass is 399 g/mol. The van der Waals surface area contributed by atoms with Crippen molar-refractivity contribution in [3.63, 3.8) is 0 Å². The normalized spacial score (nSPS) is 38.4. The lowest BCUT2D eigenvalue weighted by atomic mass is 9.61. The molecular weight excluding hydrogens is 350 g/mol. The molecule has 0 amide bonds. The number of rotatable bonds is 9. The van der Waals surface area contributed by atoms with Crippen LogP contribution in [0.3, 0.4) is 0 Å². The van der Waals surface area contributed by atoms with Crippen molar-refractivity contribution in [1.82, 2.24) is 0 Å². The van der Waals surface area contributed by atoms with Gasteiger partial charge in [0.05, 0.1) is 11.5 Å². The molecule has 0 aliphatic heterocycles. The fourth-order valence-corrected chi connectivity index (χ4v) is 7.57. The molecule has 2 atom stereocenters. The molecule has 0 heterocycles. The standard InChI is InChI=1S/C28H49N/c1-3-5-6-7-9-23-11-13-24(14-12-23)25-15-17-26(18-16-25)27-10-8-20-28(21-27,22-29)19-4-2/h23-27H,3-21H2,1-2H3/t23-,24-,25-,26-,27?,28?. The first-order chi connectivity index (χ1) is 14.2. The highest BCUT2D eigenvalue weighted by molar-refractivity contribution is 5.03. The Morgan fingerprint density at radius 1 is 0.724 bits per heavy atom. The zero-order valence-electron chi connectivity index (χ0n) is 19.8. The van der Waals surface area contributed by atoms with Crippen LogP contribution in [0.25, 0.3) is 0 Å². The highest BCUT2D eigenvalue weighted by Crippen LogP contribution is 2.50. The molecule has 2 unspecified atom stereocenters. The number of nitrogens with zero attached hydrogens (tertiary/aromatic N) is 1. The molecule has 0 radical (unpaired) electrons. The van der Waals surface area contributed by atoms with Crippen LogP contribution in [-0.4, -0.2) is 0 Å². The molecule has 1 heteroatoms. The van der Waals surface area contributed by atoms with Crippen LogP contribution in [0.1, 0.15) is 136 Å². The summed E-state index contributed by atoms with van der Waals surface area (Å²) in [5, 5.41) is 9.85. The summed E-state index contributed by atoms with van der Waals surface area (Å²) in [4.78, 5) is 0. The van der Waals surface area contributed by atoms with Gasteiger partial charge in [-0.15, -0.1) is 0 Å². The third kappa shape index (κ3) is 6.48. The van der Waals surface area contributed by atoms with Gasteiger partial charge in [-0.25, -0.2) is 0 Å². The van der Waals surface area contributed by atoms with Crippen molar-refractivity contribution in [1.29, 1.82) is 5.26 Å². The van der Waals surface area contributed by atoms with E-state index in [2.05, 4.69) is 19.9 Å². The summed E-state index contributed by atoms with van der Waals surface area (Å²) in [5.41, 5.74) is 0.0318. The lowest BCUT2D eigenvalue weighted by Gasteiger charge is -2.43. The van der Waals surface area contributed by atoms with Gasteiger partial charge < -0.3 is 0 Å². The van der Waals surface area contributed by atoms with Crippen molar-refractivity contribution < 1.29 is 0 Å². The fraction of sp³-hybridized carbons (Fsp3) is 0.964. The zero-order chi connectivity index (χ0) is 20.5. The molecule has 0 N–H and O–H groups in total. The Morgan fingerprint density at radius 3 is 1.93 bits per heavy atom. The second-order valence-electron chi connectivity index (χ2n) is 11.3. The van der Waals surface area contributed by atoms with Gasteiger partial charge in [-0.1, -0.05) is 78.1 Å². The summed E-state index contributed by atoms with van der Waals surface area (Å²) < 4.78 is 0. The molecule has 29 heavy (non-hydrogen) atoms. The number of hydrogen-bond acceptors (Lipinski definition) is 1. The smallest absolute Gasteiger partial charge is 0.0689 e. The van der Waals surface area contributed by atoms with E-state index in [4.69, 9.17) is 0 Å².